The molecule has 2 rings (SSSR count). The minimum atomic E-state index is -0.968. The molecule has 0 bridgehead atoms. The summed E-state index contributed by atoms with van der Waals surface area (Å²) in [5.74, 6) is 0.177. The summed E-state index contributed by atoms with van der Waals surface area (Å²) in [5, 5.41) is 9.14. The largest absolute Gasteiger partial charge is 0.477 e. The van der Waals surface area contributed by atoms with Gasteiger partial charge >= 0.3 is 5.97 Å². The first kappa shape index (κ1) is 11.8. The molecule has 1 heterocycles. The first-order chi connectivity index (χ1) is 8.09. The fourth-order valence-electron chi connectivity index (χ4n) is 2.34. The van der Waals surface area contributed by atoms with Crippen LogP contribution in [-0.2, 0) is 0 Å². The van der Waals surface area contributed by atoms with Crippen molar-refractivity contribution in [1.29, 1.82) is 0 Å². The van der Waals surface area contributed by atoms with E-state index in [1.165, 1.54) is 19.0 Å². The number of aromatic carboxylic acids is 1. The number of carbonyl (C=O) groups is 1. The maximum Gasteiger partial charge on any atom is 0.341 e. The van der Waals surface area contributed by atoms with Crippen molar-refractivity contribution in [1.82, 2.24) is 9.97 Å². The molecule has 1 aromatic rings. The van der Waals surface area contributed by atoms with Crippen molar-refractivity contribution in [2.75, 3.05) is 11.9 Å². The SMILES string of the molecule is Cc1ncc(C(=O)O)c(N(C)C2CCCC2)n1. The Morgan fingerprint density at radius 2 is 2.12 bits per heavy atom. The molecule has 0 atom stereocenters. The Bertz CT molecular complexity index is 428. The Balaban J connectivity index is 2.34. The summed E-state index contributed by atoms with van der Waals surface area (Å²) in [7, 11) is 1.92. The molecule has 5 nitrogen and oxygen atoms in total. The topological polar surface area (TPSA) is 66.3 Å². The zero-order valence-corrected chi connectivity index (χ0v) is 10.2. The minimum Gasteiger partial charge on any atom is -0.477 e. The number of hydrogen-bond acceptors (Lipinski definition) is 4. The average Bonchev–Trinajstić information content (AvgIpc) is 2.80. The molecule has 1 aliphatic carbocycles. The summed E-state index contributed by atoms with van der Waals surface area (Å²) in [6, 6.07) is 0.405. The molecule has 92 valence electrons. The molecular weight excluding hydrogens is 218 g/mol. The smallest absolute Gasteiger partial charge is 0.341 e. The van der Waals surface area contributed by atoms with Gasteiger partial charge in [-0.05, 0) is 19.8 Å². The van der Waals surface area contributed by atoms with Gasteiger partial charge in [0.05, 0.1) is 0 Å². The van der Waals surface area contributed by atoms with E-state index < -0.39 is 5.97 Å². The number of rotatable bonds is 3. The van der Waals surface area contributed by atoms with Crippen molar-refractivity contribution >= 4 is 11.8 Å². The van der Waals surface area contributed by atoms with Crippen LogP contribution in [0.4, 0.5) is 5.82 Å². The number of carboxylic acids is 1. The lowest BCUT2D eigenvalue weighted by atomic mass is 10.2. The van der Waals surface area contributed by atoms with Gasteiger partial charge in [-0.2, -0.15) is 0 Å². The lowest BCUT2D eigenvalue weighted by Gasteiger charge is -2.26. The van der Waals surface area contributed by atoms with Crippen LogP contribution in [0.2, 0.25) is 0 Å². The van der Waals surface area contributed by atoms with Crippen molar-refractivity contribution < 1.29 is 9.90 Å². The lowest BCUT2D eigenvalue weighted by Crippen LogP contribution is -2.31. The maximum absolute atomic E-state index is 11.1. The second-order valence-electron chi connectivity index (χ2n) is 4.51. The zero-order chi connectivity index (χ0) is 12.4. The molecule has 0 aliphatic heterocycles. The van der Waals surface area contributed by atoms with Gasteiger partial charge in [0.2, 0.25) is 0 Å². The molecule has 1 aromatic heterocycles. The highest BCUT2D eigenvalue weighted by atomic mass is 16.4. The Hall–Kier alpha value is -1.65. The van der Waals surface area contributed by atoms with Crippen LogP contribution in [0, 0.1) is 6.92 Å². The third-order valence-corrected chi connectivity index (χ3v) is 3.33. The predicted molar refractivity (Wildman–Crippen MR) is 64.4 cm³/mol. The van der Waals surface area contributed by atoms with E-state index in [9.17, 15) is 4.79 Å². The molecule has 1 saturated carbocycles. The molecule has 1 aliphatic rings. The quantitative estimate of drug-likeness (QED) is 0.866. The van der Waals surface area contributed by atoms with Gasteiger partial charge in [0.25, 0.3) is 0 Å². The molecule has 1 N–H and O–H groups in total. The van der Waals surface area contributed by atoms with Crippen LogP contribution in [0.3, 0.4) is 0 Å². The Kier molecular flexibility index (Phi) is 3.26. The second-order valence-corrected chi connectivity index (χ2v) is 4.51. The summed E-state index contributed by atoms with van der Waals surface area (Å²) in [4.78, 5) is 21.4. The van der Waals surface area contributed by atoms with Crippen LogP contribution in [0.25, 0.3) is 0 Å². The van der Waals surface area contributed by atoms with E-state index in [0.29, 0.717) is 17.7 Å². The second kappa shape index (κ2) is 4.69. The third-order valence-electron chi connectivity index (χ3n) is 3.33. The fraction of sp³-hybridized carbons (Fsp3) is 0.583. The van der Waals surface area contributed by atoms with E-state index in [2.05, 4.69) is 9.97 Å². The van der Waals surface area contributed by atoms with Gasteiger partial charge in [-0.25, -0.2) is 14.8 Å². The van der Waals surface area contributed by atoms with Crippen molar-refractivity contribution in [2.45, 2.75) is 38.6 Å². The summed E-state index contributed by atoms with van der Waals surface area (Å²) in [6.07, 6.45) is 6.03. The number of aryl methyl sites for hydroxylation is 1. The lowest BCUT2D eigenvalue weighted by molar-refractivity contribution is 0.0696. The molecule has 0 unspecified atom stereocenters. The average molecular weight is 235 g/mol. The maximum atomic E-state index is 11.1. The van der Waals surface area contributed by atoms with E-state index in [1.807, 2.05) is 11.9 Å². The first-order valence-corrected chi connectivity index (χ1v) is 5.89. The van der Waals surface area contributed by atoms with E-state index in [4.69, 9.17) is 5.11 Å². The Morgan fingerprint density at radius 3 is 2.71 bits per heavy atom. The van der Waals surface area contributed by atoms with Crippen LogP contribution >= 0.6 is 0 Å². The van der Waals surface area contributed by atoms with Gasteiger partial charge in [0, 0.05) is 19.3 Å². The fourth-order valence-corrected chi connectivity index (χ4v) is 2.34. The number of aromatic nitrogens is 2. The Morgan fingerprint density at radius 1 is 1.47 bits per heavy atom. The highest BCUT2D eigenvalue weighted by molar-refractivity contribution is 5.92. The number of anilines is 1. The molecular formula is C12H17N3O2. The van der Waals surface area contributed by atoms with Gasteiger partial charge < -0.3 is 10.0 Å². The van der Waals surface area contributed by atoms with Gasteiger partial charge in [-0.15, -0.1) is 0 Å². The summed E-state index contributed by atoms with van der Waals surface area (Å²) >= 11 is 0. The number of carboxylic acid groups (broad SMARTS) is 1. The van der Waals surface area contributed by atoms with Gasteiger partial charge in [-0.3, -0.25) is 0 Å². The van der Waals surface area contributed by atoms with Gasteiger partial charge in [-0.1, -0.05) is 12.8 Å². The Labute approximate surface area is 100 Å². The molecule has 0 amide bonds. The summed E-state index contributed by atoms with van der Waals surface area (Å²) < 4.78 is 0. The van der Waals surface area contributed by atoms with Crippen molar-refractivity contribution in [3.8, 4) is 0 Å². The minimum absolute atomic E-state index is 0.185. The predicted octanol–water partition coefficient (Wildman–Crippen LogP) is 1.86. The number of hydrogen-bond donors (Lipinski definition) is 1. The third kappa shape index (κ3) is 2.38. The zero-order valence-electron chi connectivity index (χ0n) is 10.2. The van der Waals surface area contributed by atoms with E-state index in [0.717, 1.165) is 12.8 Å². The first-order valence-electron chi connectivity index (χ1n) is 5.89. The molecule has 17 heavy (non-hydrogen) atoms. The van der Waals surface area contributed by atoms with Crippen LogP contribution in [0.15, 0.2) is 6.20 Å². The molecule has 1 fully saturated rings. The van der Waals surface area contributed by atoms with Crippen LogP contribution in [0.5, 0.6) is 0 Å². The standard InChI is InChI=1S/C12H17N3O2/c1-8-13-7-10(12(16)17)11(14-8)15(2)9-5-3-4-6-9/h7,9H,3-6H2,1-2H3,(H,16,17). The van der Waals surface area contributed by atoms with E-state index >= 15 is 0 Å². The normalized spacial score (nSPS) is 16.1. The monoisotopic (exact) mass is 235 g/mol. The van der Waals surface area contributed by atoms with E-state index in [1.54, 1.807) is 6.92 Å². The molecule has 0 aromatic carbocycles. The summed E-state index contributed by atoms with van der Waals surface area (Å²) in [5.41, 5.74) is 0.185. The van der Waals surface area contributed by atoms with Crippen LogP contribution in [0.1, 0.15) is 41.9 Å². The summed E-state index contributed by atoms with van der Waals surface area (Å²) in [6.45, 7) is 1.78. The van der Waals surface area contributed by atoms with Crippen molar-refractivity contribution in [2.24, 2.45) is 0 Å². The molecule has 0 saturated heterocycles. The molecule has 5 heteroatoms. The highest BCUT2D eigenvalue weighted by Crippen LogP contribution is 2.27. The van der Waals surface area contributed by atoms with Crippen LogP contribution in [-0.4, -0.2) is 34.1 Å². The van der Waals surface area contributed by atoms with Gasteiger partial charge in [0.1, 0.15) is 17.2 Å². The van der Waals surface area contributed by atoms with E-state index in [-0.39, 0.29) is 5.56 Å². The van der Waals surface area contributed by atoms with Crippen LogP contribution < -0.4 is 4.90 Å². The molecule has 0 spiro atoms. The molecule has 0 radical (unpaired) electrons. The van der Waals surface area contributed by atoms with Crippen molar-refractivity contribution in [3.05, 3.63) is 17.6 Å². The van der Waals surface area contributed by atoms with Gasteiger partial charge in [0.15, 0.2) is 0 Å². The highest BCUT2D eigenvalue weighted by Gasteiger charge is 2.24. The number of nitrogens with zero attached hydrogens (tertiary/aromatic N) is 3. The van der Waals surface area contributed by atoms with Crippen molar-refractivity contribution in [3.63, 3.8) is 0 Å².